The first-order valence-electron chi connectivity index (χ1n) is 5.82. The maximum absolute atomic E-state index is 5.44. The second kappa shape index (κ2) is 6.20. The predicted molar refractivity (Wildman–Crippen MR) is 83.1 cm³/mol. The highest BCUT2D eigenvalue weighted by Crippen LogP contribution is 2.30. The fourth-order valence-corrected chi connectivity index (χ4v) is 2.66. The molecule has 2 nitrogen and oxygen atoms in total. The molecule has 0 heterocycles. The SMILES string of the molecule is CNC(c1cccc(I)c1)c1ccccc1OC. The van der Waals surface area contributed by atoms with Gasteiger partial charge < -0.3 is 10.1 Å². The molecule has 0 saturated carbocycles. The first-order valence-corrected chi connectivity index (χ1v) is 6.89. The summed E-state index contributed by atoms with van der Waals surface area (Å²) in [7, 11) is 3.68. The van der Waals surface area contributed by atoms with Gasteiger partial charge in [0.05, 0.1) is 13.2 Å². The van der Waals surface area contributed by atoms with Crippen molar-refractivity contribution in [2.24, 2.45) is 0 Å². The van der Waals surface area contributed by atoms with Gasteiger partial charge in [-0.05, 0) is 53.4 Å². The van der Waals surface area contributed by atoms with Crippen molar-refractivity contribution in [2.45, 2.75) is 6.04 Å². The molecule has 94 valence electrons. The normalized spacial score (nSPS) is 12.2. The van der Waals surface area contributed by atoms with E-state index >= 15 is 0 Å². The third-order valence-corrected chi connectivity index (χ3v) is 3.59. The maximum Gasteiger partial charge on any atom is 0.123 e. The van der Waals surface area contributed by atoms with Gasteiger partial charge in [-0.2, -0.15) is 0 Å². The zero-order valence-electron chi connectivity index (χ0n) is 10.5. The molecule has 2 rings (SSSR count). The molecule has 3 heteroatoms. The Kier molecular flexibility index (Phi) is 4.60. The maximum atomic E-state index is 5.44. The summed E-state index contributed by atoms with van der Waals surface area (Å²) < 4.78 is 6.67. The van der Waals surface area contributed by atoms with Crippen LogP contribution in [0.5, 0.6) is 5.75 Å². The van der Waals surface area contributed by atoms with Crippen molar-refractivity contribution < 1.29 is 4.74 Å². The topological polar surface area (TPSA) is 21.3 Å². The first kappa shape index (κ1) is 13.4. The van der Waals surface area contributed by atoms with Crippen molar-refractivity contribution in [1.82, 2.24) is 5.32 Å². The van der Waals surface area contributed by atoms with Crippen LogP contribution in [0.1, 0.15) is 17.2 Å². The second-order valence-electron chi connectivity index (χ2n) is 4.02. The number of benzene rings is 2. The molecular weight excluding hydrogens is 337 g/mol. The Labute approximate surface area is 122 Å². The van der Waals surface area contributed by atoms with Crippen LogP contribution in [-0.2, 0) is 0 Å². The lowest BCUT2D eigenvalue weighted by Gasteiger charge is -2.20. The molecule has 0 fully saturated rings. The van der Waals surface area contributed by atoms with E-state index in [9.17, 15) is 0 Å². The monoisotopic (exact) mass is 353 g/mol. The van der Waals surface area contributed by atoms with Gasteiger partial charge in [-0.3, -0.25) is 0 Å². The Morgan fingerprint density at radius 2 is 1.89 bits per heavy atom. The van der Waals surface area contributed by atoms with Gasteiger partial charge >= 0.3 is 0 Å². The summed E-state index contributed by atoms with van der Waals surface area (Å²) in [5.74, 6) is 0.913. The lowest BCUT2D eigenvalue weighted by Crippen LogP contribution is -2.18. The summed E-state index contributed by atoms with van der Waals surface area (Å²) in [4.78, 5) is 0. The van der Waals surface area contributed by atoms with E-state index < -0.39 is 0 Å². The van der Waals surface area contributed by atoms with Gasteiger partial charge in [0.1, 0.15) is 5.75 Å². The van der Waals surface area contributed by atoms with E-state index in [1.807, 2.05) is 25.2 Å². The van der Waals surface area contributed by atoms with E-state index in [4.69, 9.17) is 4.74 Å². The van der Waals surface area contributed by atoms with Crippen LogP contribution in [0.3, 0.4) is 0 Å². The Bertz CT molecular complexity index is 527. The van der Waals surface area contributed by atoms with Crippen molar-refractivity contribution in [1.29, 1.82) is 0 Å². The van der Waals surface area contributed by atoms with Crippen LogP contribution in [-0.4, -0.2) is 14.2 Å². The van der Waals surface area contributed by atoms with Crippen LogP contribution < -0.4 is 10.1 Å². The van der Waals surface area contributed by atoms with Gasteiger partial charge in [0.25, 0.3) is 0 Å². The van der Waals surface area contributed by atoms with Crippen molar-refractivity contribution in [3.05, 3.63) is 63.2 Å². The molecule has 0 aliphatic carbocycles. The molecule has 0 bridgehead atoms. The lowest BCUT2D eigenvalue weighted by atomic mass is 9.98. The second-order valence-corrected chi connectivity index (χ2v) is 5.26. The Hall–Kier alpha value is -1.07. The number of halogens is 1. The average Bonchev–Trinajstić information content (AvgIpc) is 2.40. The number of hydrogen-bond donors (Lipinski definition) is 1. The summed E-state index contributed by atoms with van der Waals surface area (Å²) in [5.41, 5.74) is 2.40. The highest BCUT2D eigenvalue weighted by Gasteiger charge is 2.15. The molecule has 1 N–H and O–H groups in total. The van der Waals surface area contributed by atoms with Crippen LogP contribution in [0.25, 0.3) is 0 Å². The zero-order chi connectivity index (χ0) is 13.0. The molecule has 0 aliphatic rings. The Morgan fingerprint density at radius 1 is 1.11 bits per heavy atom. The number of ether oxygens (including phenoxy) is 1. The zero-order valence-corrected chi connectivity index (χ0v) is 12.6. The van der Waals surface area contributed by atoms with Crippen molar-refractivity contribution in [3.63, 3.8) is 0 Å². The molecule has 2 aromatic rings. The van der Waals surface area contributed by atoms with Crippen molar-refractivity contribution >= 4 is 22.6 Å². The van der Waals surface area contributed by atoms with Crippen LogP contribution in [0.4, 0.5) is 0 Å². The third kappa shape index (κ3) is 2.84. The van der Waals surface area contributed by atoms with Crippen LogP contribution in [0.15, 0.2) is 48.5 Å². The molecule has 0 spiro atoms. The average molecular weight is 353 g/mol. The Balaban J connectivity index is 2.45. The molecule has 18 heavy (non-hydrogen) atoms. The fraction of sp³-hybridized carbons (Fsp3) is 0.200. The van der Waals surface area contributed by atoms with Crippen LogP contribution >= 0.6 is 22.6 Å². The molecule has 0 aliphatic heterocycles. The fourth-order valence-electron chi connectivity index (χ4n) is 2.09. The van der Waals surface area contributed by atoms with Crippen molar-refractivity contribution in [2.75, 3.05) is 14.2 Å². The minimum absolute atomic E-state index is 0.149. The van der Waals surface area contributed by atoms with Gasteiger partial charge in [-0.25, -0.2) is 0 Å². The highest BCUT2D eigenvalue weighted by atomic mass is 127. The molecule has 1 atom stereocenters. The van der Waals surface area contributed by atoms with E-state index in [1.54, 1.807) is 7.11 Å². The number of rotatable bonds is 4. The molecular formula is C15H16INO. The van der Waals surface area contributed by atoms with E-state index in [0.29, 0.717) is 0 Å². The minimum atomic E-state index is 0.149. The highest BCUT2D eigenvalue weighted by molar-refractivity contribution is 14.1. The minimum Gasteiger partial charge on any atom is -0.496 e. The number of nitrogens with one attached hydrogen (secondary N) is 1. The Morgan fingerprint density at radius 3 is 2.56 bits per heavy atom. The summed E-state index contributed by atoms with van der Waals surface area (Å²) in [6.45, 7) is 0. The molecule has 0 saturated heterocycles. The summed E-state index contributed by atoms with van der Waals surface area (Å²) >= 11 is 2.33. The number of hydrogen-bond acceptors (Lipinski definition) is 2. The van der Waals surface area contributed by atoms with Gasteiger partial charge in [-0.15, -0.1) is 0 Å². The van der Waals surface area contributed by atoms with Crippen LogP contribution in [0.2, 0.25) is 0 Å². The lowest BCUT2D eigenvalue weighted by molar-refractivity contribution is 0.405. The van der Waals surface area contributed by atoms with Crippen molar-refractivity contribution in [3.8, 4) is 5.75 Å². The molecule has 0 radical (unpaired) electrons. The number of methoxy groups -OCH3 is 1. The quantitative estimate of drug-likeness (QED) is 0.848. The first-order chi connectivity index (χ1) is 8.76. The third-order valence-electron chi connectivity index (χ3n) is 2.92. The van der Waals surface area contributed by atoms with Gasteiger partial charge in [0, 0.05) is 9.13 Å². The summed E-state index contributed by atoms with van der Waals surface area (Å²) in [6, 6.07) is 16.8. The standard InChI is InChI=1S/C15H16INO/c1-17-15(11-6-5-7-12(16)10-11)13-8-3-4-9-14(13)18-2/h3-10,15,17H,1-2H3. The smallest absolute Gasteiger partial charge is 0.123 e. The molecule has 1 unspecified atom stereocenters. The molecule has 2 aromatic carbocycles. The predicted octanol–water partition coefficient (Wildman–Crippen LogP) is 3.61. The van der Waals surface area contributed by atoms with E-state index in [2.05, 4.69) is 58.2 Å². The van der Waals surface area contributed by atoms with Gasteiger partial charge in [0.15, 0.2) is 0 Å². The number of para-hydroxylation sites is 1. The molecule has 0 aromatic heterocycles. The van der Waals surface area contributed by atoms with E-state index in [-0.39, 0.29) is 6.04 Å². The van der Waals surface area contributed by atoms with Crippen LogP contribution in [0, 0.1) is 3.57 Å². The van der Waals surface area contributed by atoms with Gasteiger partial charge in [0.2, 0.25) is 0 Å². The van der Waals surface area contributed by atoms with Gasteiger partial charge in [-0.1, -0.05) is 30.3 Å². The summed E-state index contributed by atoms with van der Waals surface area (Å²) in [6.07, 6.45) is 0. The largest absolute Gasteiger partial charge is 0.496 e. The molecule has 0 amide bonds. The van der Waals surface area contributed by atoms with E-state index in [1.165, 1.54) is 9.13 Å². The summed E-state index contributed by atoms with van der Waals surface area (Å²) in [5, 5.41) is 3.35. The van der Waals surface area contributed by atoms with E-state index in [0.717, 1.165) is 11.3 Å².